The van der Waals surface area contributed by atoms with Gasteiger partial charge in [0, 0.05) is 41.3 Å². The normalized spacial score (nSPS) is 10.4. The first-order chi connectivity index (χ1) is 14.5. The van der Waals surface area contributed by atoms with Gasteiger partial charge >= 0.3 is 0 Å². The lowest BCUT2D eigenvalue weighted by Gasteiger charge is -2.13. The number of benzene rings is 4. The van der Waals surface area contributed by atoms with Crippen LogP contribution in [0, 0.1) is 0 Å². The summed E-state index contributed by atoms with van der Waals surface area (Å²) in [6.07, 6.45) is 0. The van der Waals surface area contributed by atoms with Crippen molar-refractivity contribution < 1.29 is 14.2 Å². The van der Waals surface area contributed by atoms with Crippen molar-refractivity contribution in [3.8, 4) is 34.5 Å². The molecule has 150 valence electrons. The van der Waals surface area contributed by atoms with Crippen molar-refractivity contribution in [2.45, 2.75) is 0 Å². The largest absolute Gasteiger partial charge is 0.457 e. The van der Waals surface area contributed by atoms with Crippen LogP contribution in [-0.4, -0.2) is 0 Å². The molecule has 0 amide bonds. The second-order valence-electron chi connectivity index (χ2n) is 6.66. The summed E-state index contributed by atoms with van der Waals surface area (Å²) in [7, 11) is 0. The van der Waals surface area contributed by atoms with Crippen molar-refractivity contribution in [1.82, 2.24) is 0 Å². The van der Waals surface area contributed by atoms with Gasteiger partial charge in [-0.25, -0.2) is 0 Å². The maximum Gasteiger partial charge on any atom is 0.134 e. The van der Waals surface area contributed by atoms with Crippen LogP contribution in [0.1, 0.15) is 0 Å². The Morgan fingerprint density at radius 1 is 0.367 bits per heavy atom. The first-order valence-corrected chi connectivity index (χ1v) is 9.29. The Kier molecular flexibility index (Phi) is 5.30. The second-order valence-corrected chi connectivity index (χ2v) is 6.66. The van der Waals surface area contributed by atoms with Gasteiger partial charge in [0.2, 0.25) is 0 Å². The molecule has 0 heterocycles. The fourth-order valence-electron chi connectivity index (χ4n) is 2.78. The van der Waals surface area contributed by atoms with Gasteiger partial charge in [-0.05, 0) is 60.7 Å². The molecule has 0 saturated carbocycles. The Balaban J connectivity index is 1.65. The fraction of sp³-hybridized carbons (Fsp3) is 0. The lowest BCUT2D eigenvalue weighted by Crippen LogP contribution is -1.92. The van der Waals surface area contributed by atoms with Crippen LogP contribution in [0.25, 0.3) is 0 Å². The molecular formula is C24H21N3O3. The number of nitrogens with two attached hydrogens (primary N) is 3. The van der Waals surface area contributed by atoms with Gasteiger partial charge in [-0.15, -0.1) is 0 Å². The van der Waals surface area contributed by atoms with Gasteiger partial charge in [0.05, 0.1) is 0 Å². The highest BCUT2D eigenvalue weighted by atomic mass is 16.5. The topological polar surface area (TPSA) is 106 Å². The number of ether oxygens (including phenoxy) is 3. The fourth-order valence-corrected chi connectivity index (χ4v) is 2.78. The van der Waals surface area contributed by atoms with E-state index in [1.54, 1.807) is 78.9 Å². The van der Waals surface area contributed by atoms with E-state index in [4.69, 9.17) is 31.4 Å². The first kappa shape index (κ1) is 19.0. The quantitative estimate of drug-likeness (QED) is 0.353. The van der Waals surface area contributed by atoms with Gasteiger partial charge < -0.3 is 31.4 Å². The molecule has 0 aliphatic carbocycles. The molecule has 0 fully saturated rings. The van der Waals surface area contributed by atoms with E-state index in [0.717, 1.165) is 0 Å². The molecule has 6 N–H and O–H groups in total. The van der Waals surface area contributed by atoms with E-state index in [-0.39, 0.29) is 0 Å². The minimum Gasteiger partial charge on any atom is -0.457 e. The SMILES string of the molecule is Nc1ccc(Oc2cc(Oc3ccc(N)cc3)cc(Oc3cccc(N)c3)c2)cc1. The third-order valence-corrected chi connectivity index (χ3v) is 4.18. The maximum absolute atomic E-state index is 5.97. The smallest absolute Gasteiger partial charge is 0.134 e. The zero-order chi connectivity index (χ0) is 20.9. The van der Waals surface area contributed by atoms with E-state index in [0.29, 0.717) is 51.6 Å². The highest BCUT2D eigenvalue weighted by Crippen LogP contribution is 2.36. The monoisotopic (exact) mass is 399 g/mol. The number of hydrogen-bond acceptors (Lipinski definition) is 6. The van der Waals surface area contributed by atoms with Crippen LogP contribution < -0.4 is 31.4 Å². The molecule has 6 heteroatoms. The van der Waals surface area contributed by atoms with Crippen LogP contribution in [-0.2, 0) is 0 Å². The first-order valence-electron chi connectivity index (χ1n) is 9.29. The highest BCUT2D eigenvalue weighted by molar-refractivity contribution is 5.51. The Morgan fingerprint density at radius 2 is 0.800 bits per heavy atom. The van der Waals surface area contributed by atoms with Crippen molar-refractivity contribution >= 4 is 17.1 Å². The standard InChI is InChI=1S/C24H21N3O3/c25-16-4-8-19(9-5-16)28-22-13-23(29-20-10-6-17(26)7-11-20)15-24(14-22)30-21-3-1-2-18(27)12-21/h1-15H,25-27H2. The number of nitrogen functional groups attached to an aromatic ring is 3. The van der Waals surface area contributed by atoms with Crippen LogP contribution >= 0.6 is 0 Å². The molecule has 4 aromatic rings. The van der Waals surface area contributed by atoms with Crippen LogP contribution in [0.15, 0.2) is 91.0 Å². The van der Waals surface area contributed by atoms with Gasteiger partial charge in [-0.2, -0.15) is 0 Å². The maximum atomic E-state index is 5.97. The predicted molar refractivity (Wildman–Crippen MR) is 119 cm³/mol. The second kappa shape index (κ2) is 8.36. The minimum atomic E-state index is 0.541. The molecule has 4 rings (SSSR count). The van der Waals surface area contributed by atoms with Gasteiger partial charge in [-0.3, -0.25) is 0 Å². The summed E-state index contributed by atoms with van der Waals surface area (Å²) in [4.78, 5) is 0. The van der Waals surface area contributed by atoms with E-state index in [9.17, 15) is 0 Å². The third-order valence-electron chi connectivity index (χ3n) is 4.18. The van der Waals surface area contributed by atoms with Crippen LogP contribution in [0.5, 0.6) is 34.5 Å². The average Bonchev–Trinajstić information content (AvgIpc) is 2.71. The molecule has 0 unspecified atom stereocenters. The molecule has 0 bridgehead atoms. The van der Waals surface area contributed by atoms with Crippen molar-refractivity contribution in [2.24, 2.45) is 0 Å². The summed E-state index contributed by atoms with van der Waals surface area (Å²) in [5.74, 6) is 3.53. The predicted octanol–water partition coefficient (Wildman–Crippen LogP) is 5.81. The van der Waals surface area contributed by atoms with Gasteiger partial charge in [0.25, 0.3) is 0 Å². The van der Waals surface area contributed by atoms with Crippen molar-refractivity contribution in [2.75, 3.05) is 17.2 Å². The zero-order valence-corrected chi connectivity index (χ0v) is 16.1. The summed E-state index contributed by atoms with van der Waals surface area (Å²) in [5.41, 5.74) is 19.3. The molecule has 0 saturated heterocycles. The van der Waals surface area contributed by atoms with E-state index in [1.807, 2.05) is 12.1 Å². The molecule has 0 aromatic heterocycles. The summed E-state index contributed by atoms with van der Waals surface area (Å²) < 4.78 is 17.9. The lowest BCUT2D eigenvalue weighted by molar-refractivity contribution is 0.440. The zero-order valence-electron chi connectivity index (χ0n) is 16.1. The molecule has 0 aliphatic rings. The summed E-state index contributed by atoms with van der Waals surface area (Å²) in [6, 6.07) is 26.8. The van der Waals surface area contributed by atoms with Crippen molar-refractivity contribution in [3.63, 3.8) is 0 Å². The third kappa shape index (κ3) is 4.94. The van der Waals surface area contributed by atoms with Crippen LogP contribution in [0.2, 0.25) is 0 Å². The Hall–Kier alpha value is -4.32. The van der Waals surface area contributed by atoms with E-state index in [1.165, 1.54) is 0 Å². The molecule has 4 aromatic carbocycles. The molecular weight excluding hydrogens is 378 g/mol. The van der Waals surface area contributed by atoms with E-state index < -0.39 is 0 Å². The van der Waals surface area contributed by atoms with E-state index in [2.05, 4.69) is 0 Å². The number of anilines is 3. The average molecular weight is 399 g/mol. The summed E-state index contributed by atoms with van der Waals surface area (Å²) in [6.45, 7) is 0. The molecule has 0 atom stereocenters. The number of hydrogen-bond donors (Lipinski definition) is 3. The summed E-state index contributed by atoms with van der Waals surface area (Å²) >= 11 is 0. The van der Waals surface area contributed by atoms with Crippen LogP contribution in [0.3, 0.4) is 0 Å². The molecule has 6 nitrogen and oxygen atoms in total. The van der Waals surface area contributed by atoms with Crippen LogP contribution in [0.4, 0.5) is 17.1 Å². The van der Waals surface area contributed by atoms with E-state index >= 15 is 0 Å². The van der Waals surface area contributed by atoms with Crippen molar-refractivity contribution in [3.05, 3.63) is 91.0 Å². The number of rotatable bonds is 6. The lowest BCUT2D eigenvalue weighted by atomic mass is 10.2. The molecule has 0 radical (unpaired) electrons. The molecule has 30 heavy (non-hydrogen) atoms. The highest BCUT2D eigenvalue weighted by Gasteiger charge is 2.08. The minimum absolute atomic E-state index is 0.541. The van der Waals surface area contributed by atoms with Gasteiger partial charge in [-0.1, -0.05) is 6.07 Å². The Labute approximate surface area is 174 Å². The molecule has 0 aliphatic heterocycles. The Morgan fingerprint density at radius 3 is 1.23 bits per heavy atom. The summed E-state index contributed by atoms with van der Waals surface area (Å²) in [5, 5.41) is 0. The Bertz CT molecular complexity index is 1080. The van der Waals surface area contributed by atoms with Gasteiger partial charge in [0.15, 0.2) is 0 Å². The van der Waals surface area contributed by atoms with Gasteiger partial charge in [0.1, 0.15) is 34.5 Å². The van der Waals surface area contributed by atoms with Crippen molar-refractivity contribution in [1.29, 1.82) is 0 Å². The molecule has 0 spiro atoms.